The molecule has 1 aliphatic heterocycles. The fourth-order valence-corrected chi connectivity index (χ4v) is 3.27. The van der Waals surface area contributed by atoms with Gasteiger partial charge in [-0.05, 0) is 57.5 Å². The van der Waals surface area contributed by atoms with E-state index in [1.807, 2.05) is 0 Å². The zero-order valence-electron chi connectivity index (χ0n) is 12.3. The molecule has 1 heterocycles. The lowest BCUT2D eigenvalue weighted by Gasteiger charge is -2.36. The van der Waals surface area contributed by atoms with Gasteiger partial charge in [0.1, 0.15) is 0 Å². The smallest absolute Gasteiger partial charge is 0.311 e. The van der Waals surface area contributed by atoms with Gasteiger partial charge in [-0.2, -0.15) is 0 Å². The van der Waals surface area contributed by atoms with Gasteiger partial charge in [0.25, 0.3) is 0 Å². The van der Waals surface area contributed by atoms with Crippen molar-refractivity contribution in [2.45, 2.75) is 45.4 Å². The largest absolute Gasteiger partial charge is 0.481 e. The molecule has 0 radical (unpaired) electrons. The molecule has 1 saturated carbocycles. The number of amides is 1. The molecule has 5 nitrogen and oxygen atoms in total. The zero-order valence-corrected chi connectivity index (χ0v) is 12.3. The first-order valence-corrected chi connectivity index (χ1v) is 7.75. The number of carbonyl (C=O) groups excluding carboxylic acids is 1. The predicted octanol–water partition coefficient (Wildman–Crippen LogP) is 1.38. The summed E-state index contributed by atoms with van der Waals surface area (Å²) in [5, 5.41) is 15.7. The van der Waals surface area contributed by atoms with Crippen molar-refractivity contribution in [1.29, 1.82) is 0 Å². The first-order valence-electron chi connectivity index (χ1n) is 7.75. The van der Waals surface area contributed by atoms with E-state index in [0.29, 0.717) is 18.8 Å². The molecule has 1 amide bonds. The Labute approximate surface area is 120 Å². The lowest BCUT2D eigenvalue weighted by atomic mass is 9.70. The van der Waals surface area contributed by atoms with Gasteiger partial charge in [-0.1, -0.05) is 6.92 Å². The van der Waals surface area contributed by atoms with Crippen LogP contribution in [0, 0.1) is 17.3 Å². The van der Waals surface area contributed by atoms with Crippen molar-refractivity contribution >= 4 is 11.9 Å². The molecule has 2 fully saturated rings. The minimum absolute atomic E-state index is 0.0331. The molecule has 20 heavy (non-hydrogen) atoms. The summed E-state index contributed by atoms with van der Waals surface area (Å²) in [6.45, 7) is 4.20. The topological polar surface area (TPSA) is 78.4 Å². The number of nitrogens with one attached hydrogen (secondary N) is 2. The molecule has 3 N–H and O–H groups in total. The molecule has 114 valence electrons. The number of carboxylic acid groups (broad SMARTS) is 1. The van der Waals surface area contributed by atoms with E-state index in [0.717, 1.165) is 38.8 Å². The second kappa shape index (κ2) is 6.57. The fraction of sp³-hybridized carbons (Fsp3) is 0.867. The SMILES string of the molecule is CC1CCC(CNC(=O)C2CCNCC2)(C(=O)O)CC1. The molecule has 0 atom stereocenters. The molecular weight excluding hydrogens is 256 g/mol. The van der Waals surface area contributed by atoms with Crippen molar-refractivity contribution in [2.24, 2.45) is 17.3 Å². The van der Waals surface area contributed by atoms with E-state index in [1.54, 1.807) is 0 Å². The van der Waals surface area contributed by atoms with Crippen molar-refractivity contribution in [2.75, 3.05) is 19.6 Å². The Morgan fingerprint density at radius 2 is 1.80 bits per heavy atom. The van der Waals surface area contributed by atoms with Crippen LogP contribution >= 0.6 is 0 Å². The number of piperidine rings is 1. The Kier molecular flexibility index (Phi) is 5.02. The molecule has 0 aromatic heterocycles. The van der Waals surface area contributed by atoms with Gasteiger partial charge in [0, 0.05) is 12.5 Å². The first kappa shape index (κ1) is 15.3. The minimum Gasteiger partial charge on any atom is -0.481 e. The predicted molar refractivity (Wildman–Crippen MR) is 76.3 cm³/mol. The van der Waals surface area contributed by atoms with Crippen LogP contribution in [0.3, 0.4) is 0 Å². The highest BCUT2D eigenvalue weighted by atomic mass is 16.4. The monoisotopic (exact) mass is 282 g/mol. The average Bonchev–Trinajstić information content (AvgIpc) is 2.47. The van der Waals surface area contributed by atoms with Crippen molar-refractivity contribution < 1.29 is 14.7 Å². The number of rotatable bonds is 4. The lowest BCUT2D eigenvalue weighted by molar-refractivity contribution is -0.151. The van der Waals surface area contributed by atoms with E-state index in [-0.39, 0.29) is 18.4 Å². The van der Waals surface area contributed by atoms with Gasteiger partial charge in [-0.15, -0.1) is 0 Å². The molecule has 5 heteroatoms. The summed E-state index contributed by atoms with van der Waals surface area (Å²) < 4.78 is 0. The maximum Gasteiger partial charge on any atom is 0.311 e. The van der Waals surface area contributed by atoms with Crippen LogP contribution in [0.4, 0.5) is 0 Å². The van der Waals surface area contributed by atoms with Crippen LogP contribution in [0.15, 0.2) is 0 Å². The molecule has 1 aliphatic carbocycles. The maximum atomic E-state index is 12.1. The van der Waals surface area contributed by atoms with E-state index in [1.165, 1.54) is 0 Å². The van der Waals surface area contributed by atoms with Crippen molar-refractivity contribution in [3.05, 3.63) is 0 Å². The third-order valence-corrected chi connectivity index (χ3v) is 5.00. The average molecular weight is 282 g/mol. The van der Waals surface area contributed by atoms with Crippen LogP contribution in [0.1, 0.15) is 45.4 Å². The fourth-order valence-electron chi connectivity index (χ4n) is 3.27. The van der Waals surface area contributed by atoms with Crippen LogP contribution < -0.4 is 10.6 Å². The number of aliphatic carboxylic acids is 1. The quantitative estimate of drug-likeness (QED) is 0.728. The van der Waals surface area contributed by atoms with Crippen molar-refractivity contribution in [1.82, 2.24) is 10.6 Å². The molecule has 0 aromatic carbocycles. The Bertz CT molecular complexity index is 356. The summed E-state index contributed by atoms with van der Waals surface area (Å²) >= 11 is 0. The Hall–Kier alpha value is -1.10. The third-order valence-electron chi connectivity index (χ3n) is 5.00. The number of hydrogen-bond donors (Lipinski definition) is 3. The normalized spacial score (nSPS) is 31.8. The molecule has 2 rings (SSSR count). The van der Waals surface area contributed by atoms with Crippen LogP contribution in [0.25, 0.3) is 0 Å². The van der Waals surface area contributed by atoms with Gasteiger partial charge in [-0.25, -0.2) is 0 Å². The number of carbonyl (C=O) groups is 2. The number of carboxylic acids is 1. The van der Waals surface area contributed by atoms with Gasteiger partial charge < -0.3 is 15.7 Å². The molecule has 2 aliphatic rings. The standard InChI is InChI=1S/C15H26N2O3/c1-11-2-6-15(7-3-11,14(19)20)10-17-13(18)12-4-8-16-9-5-12/h11-12,16H,2-10H2,1H3,(H,17,18)(H,19,20). The van der Waals surface area contributed by atoms with E-state index >= 15 is 0 Å². The highest BCUT2D eigenvalue weighted by Gasteiger charge is 2.41. The zero-order chi connectivity index (χ0) is 14.6. The summed E-state index contributed by atoms with van der Waals surface area (Å²) in [7, 11) is 0. The highest BCUT2D eigenvalue weighted by Crippen LogP contribution is 2.38. The summed E-state index contributed by atoms with van der Waals surface area (Å²) in [5.74, 6) is -0.0760. The molecule has 0 bridgehead atoms. The minimum atomic E-state index is -0.755. The molecule has 1 saturated heterocycles. The summed E-state index contributed by atoms with van der Waals surface area (Å²) in [4.78, 5) is 23.7. The van der Waals surface area contributed by atoms with Crippen LogP contribution in [-0.2, 0) is 9.59 Å². The molecule has 0 unspecified atom stereocenters. The van der Waals surface area contributed by atoms with Gasteiger partial charge in [0.05, 0.1) is 5.41 Å². The van der Waals surface area contributed by atoms with Crippen molar-refractivity contribution in [3.8, 4) is 0 Å². The third kappa shape index (κ3) is 3.51. The van der Waals surface area contributed by atoms with Gasteiger partial charge in [0.2, 0.25) is 5.91 Å². The molecule has 0 aromatic rings. The Morgan fingerprint density at radius 1 is 1.20 bits per heavy atom. The molecule has 0 spiro atoms. The van der Waals surface area contributed by atoms with Crippen LogP contribution in [0.2, 0.25) is 0 Å². The molecular formula is C15H26N2O3. The van der Waals surface area contributed by atoms with Crippen LogP contribution in [-0.4, -0.2) is 36.6 Å². The van der Waals surface area contributed by atoms with Gasteiger partial charge in [0.15, 0.2) is 0 Å². The summed E-state index contributed by atoms with van der Waals surface area (Å²) in [6.07, 6.45) is 4.93. The second-order valence-electron chi connectivity index (χ2n) is 6.51. The maximum absolute atomic E-state index is 12.1. The number of hydrogen-bond acceptors (Lipinski definition) is 3. The van der Waals surface area contributed by atoms with Crippen molar-refractivity contribution in [3.63, 3.8) is 0 Å². The van der Waals surface area contributed by atoms with E-state index in [9.17, 15) is 14.7 Å². The second-order valence-corrected chi connectivity index (χ2v) is 6.51. The highest BCUT2D eigenvalue weighted by molar-refractivity contribution is 5.80. The van der Waals surface area contributed by atoms with Gasteiger partial charge in [-0.3, -0.25) is 9.59 Å². The van der Waals surface area contributed by atoms with E-state index in [4.69, 9.17) is 0 Å². The van der Waals surface area contributed by atoms with E-state index < -0.39 is 11.4 Å². The van der Waals surface area contributed by atoms with E-state index in [2.05, 4.69) is 17.6 Å². The summed E-state index contributed by atoms with van der Waals surface area (Å²) in [6, 6.07) is 0. The first-order chi connectivity index (χ1) is 9.53. The van der Waals surface area contributed by atoms with Crippen LogP contribution in [0.5, 0.6) is 0 Å². The summed E-state index contributed by atoms with van der Waals surface area (Å²) in [5.41, 5.74) is -0.741. The van der Waals surface area contributed by atoms with Gasteiger partial charge >= 0.3 is 5.97 Å². The lowest BCUT2D eigenvalue weighted by Crippen LogP contribution is -2.47. The Balaban J connectivity index is 1.89. The Morgan fingerprint density at radius 3 is 2.35 bits per heavy atom.